The van der Waals surface area contributed by atoms with E-state index in [0.29, 0.717) is 11.8 Å². The number of benzene rings is 2. The Labute approximate surface area is 198 Å². The number of amides is 2. The molecule has 12 heteroatoms. The van der Waals surface area contributed by atoms with Crippen molar-refractivity contribution in [2.45, 2.75) is 38.3 Å². The number of hydrogen-bond donors (Lipinski definition) is 4. The lowest BCUT2D eigenvalue weighted by Crippen LogP contribution is -2.43. The van der Waals surface area contributed by atoms with Gasteiger partial charge in [0.25, 0.3) is 11.6 Å². The summed E-state index contributed by atoms with van der Waals surface area (Å²) in [5, 5.41) is 32.6. The van der Waals surface area contributed by atoms with Gasteiger partial charge < -0.3 is 15.7 Å². The topological polar surface area (TPSA) is 150 Å². The molecule has 1 aromatic heterocycles. The van der Waals surface area contributed by atoms with Crippen molar-refractivity contribution in [3.8, 4) is 0 Å². The molecule has 2 atom stereocenters. The summed E-state index contributed by atoms with van der Waals surface area (Å²) in [6.07, 6.45) is -1.88. The second-order valence-electron chi connectivity index (χ2n) is 8.42. The van der Waals surface area contributed by atoms with Gasteiger partial charge in [0.2, 0.25) is 5.91 Å². The molecule has 0 saturated heterocycles. The molecule has 2 unspecified atom stereocenters. The summed E-state index contributed by atoms with van der Waals surface area (Å²) >= 11 is 0. The maximum Gasteiger partial charge on any atom is 0.269 e. The highest BCUT2D eigenvalue weighted by Crippen LogP contribution is 2.32. The molecule has 0 saturated carbocycles. The minimum atomic E-state index is -1.88. The molecule has 0 bridgehead atoms. The van der Waals surface area contributed by atoms with E-state index in [2.05, 4.69) is 20.8 Å². The number of rotatable bonds is 8. The average molecular weight is 487 g/mol. The average Bonchev–Trinajstić information content (AvgIpc) is 3.27. The Morgan fingerprint density at radius 2 is 1.69 bits per heavy atom. The zero-order valence-corrected chi connectivity index (χ0v) is 19.0. The first kappa shape index (κ1) is 25.4. The molecule has 2 amide bonds. The predicted molar refractivity (Wildman–Crippen MR) is 121 cm³/mol. The molecule has 0 aliphatic rings. The van der Waals surface area contributed by atoms with Crippen LogP contribution in [-0.4, -0.2) is 38.1 Å². The van der Waals surface area contributed by atoms with Crippen LogP contribution in [0.1, 0.15) is 43.7 Å². The van der Waals surface area contributed by atoms with E-state index in [4.69, 9.17) is 0 Å². The molecule has 0 spiro atoms. The van der Waals surface area contributed by atoms with E-state index in [1.165, 1.54) is 19.1 Å². The second-order valence-corrected chi connectivity index (χ2v) is 8.42. The SMILES string of the molecule is CC(NC(=O)C(O)c1cc(F)cc(F)c1)C(=O)Nc1cc(C(C)(C)c2ccc([N+](=O)[O-])cc2)[nH]n1. The van der Waals surface area contributed by atoms with Gasteiger partial charge in [0.1, 0.15) is 17.7 Å². The Bertz CT molecular complexity index is 1240. The van der Waals surface area contributed by atoms with Gasteiger partial charge >= 0.3 is 0 Å². The van der Waals surface area contributed by atoms with Crippen molar-refractivity contribution in [1.29, 1.82) is 0 Å². The third-order valence-electron chi connectivity index (χ3n) is 5.50. The Morgan fingerprint density at radius 3 is 2.26 bits per heavy atom. The monoisotopic (exact) mass is 487 g/mol. The lowest BCUT2D eigenvalue weighted by atomic mass is 9.81. The number of aliphatic hydroxyl groups is 1. The van der Waals surface area contributed by atoms with Crippen LogP contribution in [0.2, 0.25) is 0 Å². The normalized spacial score (nSPS) is 13.1. The highest BCUT2D eigenvalue weighted by molar-refractivity contribution is 5.97. The van der Waals surface area contributed by atoms with Gasteiger partial charge in [-0.3, -0.25) is 24.8 Å². The summed E-state index contributed by atoms with van der Waals surface area (Å²) in [6.45, 7) is 5.10. The number of aromatic amines is 1. The second kappa shape index (κ2) is 9.97. The number of aliphatic hydroxyl groups excluding tert-OH is 1. The predicted octanol–water partition coefficient (Wildman–Crippen LogP) is 3.10. The highest BCUT2D eigenvalue weighted by Gasteiger charge is 2.28. The van der Waals surface area contributed by atoms with Gasteiger partial charge in [-0.05, 0) is 30.2 Å². The van der Waals surface area contributed by atoms with Crippen LogP contribution in [0.25, 0.3) is 0 Å². The Balaban J connectivity index is 1.64. The van der Waals surface area contributed by atoms with E-state index in [1.807, 2.05) is 13.8 Å². The number of nitrogens with one attached hydrogen (secondary N) is 3. The molecule has 0 aliphatic heterocycles. The van der Waals surface area contributed by atoms with Gasteiger partial charge in [-0.2, -0.15) is 5.10 Å². The Hall–Kier alpha value is -4.19. The standard InChI is InChI=1S/C23H23F2N5O5/c1-12(26-22(33)20(31)13-8-15(24)10-16(25)9-13)21(32)27-19-11-18(28-29-19)23(2,3)14-4-6-17(7-5-14)30(34)35/h4-12,20,31H,1-3H3,(H,26,33)(H2,27,28,29,32). The van der Waals surface area contributed by atoms with Crippen LogP contribution in [0.5, 0.6) is 0 Å². The summed E-state index contributed by atoms with van der Waals surface area (Å²) in [7, 11) is 0. The van der Waals surface area contributed by atoms with E-state index < -0.39 is 45.9 Å². The number of H-pyrrole nitrogens is 1. The molecular formula is C23H23F2N5O5. The van der Waals surface area contributed by atoms with Crippen molar-refractivity contribution in [3.63, 3.8) is 0 Å². The molecule has 4 N–H and O–H groups in total. The zero-order valence-electron chi connectivity index (χ0n) is 19.0. The Morgan fingerprint density at radius 1 is 1.09 bits per heavy atom. The smallest absolute Gasteiger partial charge is 0.269 e. The lowest BCUT2D eigenvalue weighted by molar-refractivity contribution is -0.384. The first-order valence-electron chi connectivity index (χ1n) is 10.4. The molecular weight excluding hydrogens is 464 g/mol. The summed E-state index contributed by atoms with van der Waals surface area (Å²) in [5.41, 5.74) is 0.425. The van der Waals surface area contributed by atoms with Crippen LogP contribution in [0.3, 0.4) is 0 Å². The highest BCUT2D eigenvalue weighted by atomic mass is 19.1. The quantitative estimate of drug-likeness (QED) is 0.283. The zero-order chi connectivity index (χ0) is 25.9. The van der Waals surface area contributed by atoms with Crippen LogP contribution in [0.15, 0.2) is 48.5 Å². The van der Waals surface area contributed by atoms with Crippen LogP contribution in [0, 0.1) is 21.7 Å². The number of nitro groups is 1. The van der Waals surface area contributed by atoms with Gasteiger partial charge in [-0.15, -0.1) is 0 Å². The fourth-order valence-electron chi connectivity index (χ4n) is 3.34. The van der Waals surface area contributed by atoms with Crippen LogP contribution in [0.4, 0.5) is 20.3 Å². The summed E-state index contributed by atoms with van der Waals surface area (Å²) in [6, 6.07) is 8.75. The van der Waals surface area contributed by atoms with Gasteiger partial charge in [-0.1, -0.05) is 26.0 Å². The van der Waals surface area contributed by atoms with E-state index in [9.17, 15) is 33.6 Å². The molecule has 0 fully saturated rings. The van der Waals surface area contributed by atoms with E-state index in [0.717, 1.165) is 17.7 Å². The van der Waals surface area contributed by atoms with Crippen molar-refractivity contribution in [1.82, 2.24) is 15.5 Å². The largest absolute Gasteiger partial charge is 0.378 e. The minimum Gasteiger partial charge on any atom is -0.378 e. The number of non-ortho nitro benzene ring substituents is 1. The third-order valence-corrected chi connectivity index (χ3v) is 5.50. The summed E-state index contributed by atoms with van der Waals surface area (Å²) in [4.78, 5) is 35.1. The molecule has 35 heavy (non-hydrogen) atoms. The van der Waals surface area contributed by atoms with Crippen molar-refractivity contribution in [2.24, 2.45) is 0 Å². The summed E-state index contributed by atoms with van der Waals surface area (Å²) < 4.78 is 26.7. The fraction of sp³-hybridized carbons (Fsp3) is 0.261. The molecule has 0 radical (unpaired) electrons. The number of carbonyl (C=O) groups is 2. The number of nitrogens with zero attached hydrogens (tertiary/aromatic N) is 2. The van der Waals surface area contributed by atoms with E-state index in [-0.39, 0.29) is 17.1 Å². The van der Waals surface area contributed by atoms with Gasteiger partial charge in [0.15, 0.2) is 11.9 Å². The van der Waals surface area contributed by atoms with Gasteiger partial charge in [0, 0.05) is 35.4 Å². The van der Waals surface area contributed by atoms with Crippen LogP contribution in [-0.2, 0) is 15.0 Å². The minimum absolute atomic E-state index is 0.0363. The fourth-order valence-corrected chi connectivity index (χ4v) is 3.34. The number of nitro benzene ring substituents is 1. The number of anilines is 1. The Kier molecular flexibility index (Phi) is 7.25. The van der Waals surface area contributed by atoms with Crippen molar-refractivity contribution >= 4 is 23.3 Å². The van der Waals surface area contributed by atoms with Gasteiger partial charge in [0.05, 0.1) is 4.92 Å². The van der Waals surface area contributed by atoms with E-state index >= 15 is 0 Å². The summed E-state index contributed by atoms with van der Waals surface area (Å²) in [5.74, 6) is -3.41. The number of aromatic nitrogens is 2. The van der Waals surface area contributed by atoms with Crippen molar-refractivity contribution in [3.05, 3.63) is 87.1 Å². The maximum absolute atomic E-state index is 13.3. The first-order valence-corrected chi connectivity index (χ1v) is 10.4. The number of halogens is 2. The lowest BCUT2D eigenvalue weighted by Gasteiger charge is -2.23. The van der Waals surface area contributed by atoms with Gasteiger partial charge in [-0.25, -0.2) is 8.78 Å². The maximum atomic E-state index is 13.3. The number of carbonyl (C=O) groups excluding carboxylic acids is 2. The van der Waals surface area contributed by atoms with Crippen molar-refractivity contribution in [2.75, 3.05) is 5.32 Å². The van der Waals surface area contributed by atoms with E-state index in [1.54, 1.807) is 18.2 Å². The molecule has 3 rings (SSSR count). The van der Waals surface area contributed by atoms with Crippen molar-refractivity contribution < 1.29 is 28.4 Å². The number of hydrogen-bond acceptors (Lipinski definition) is 6. The first-order chi connectivity index (χ1) is 16.4. The molecule has 2 aromatic carbocycles. The molecule has 3 aromatic rings. The molecule has 184 valence electrons. The van der Waals surface area contributed by atoms with Crippen LogP contribution >= 0.6 is 0 Å². The third kappa shape index (κ3) is 5.84. The molecule has 1 heterocycles. The van der Waals surface area contributed by atoms with Crippen LogP contribution < -0.4 is 10.6 Å². The molecule has 10 nitrogen and oxygen atoms in total. The molecule has 0 aliphatic carbocycles.